The van der Waals surface area contributed by atoms with E-state index >= 15 is 0 Å². The van der Waals surface area contributed by atoms with E-state index in [4.69, 9.17) is 4.42 Å². The molecule has 3 aromatic rings. The molecule has 0 saturated carbocycles. The number of furan rings is 1. The lowest BCUT2D eigenvalue weighted by Crippen LogP contribution is -2.22. The zero-order valence-electron chi connectivity index (χ0n) is 14.4. The van der Waals surface area contributed by atoms with Crippen LogP contribution >= 0.6 is 0 Å². The van der Waals surface area contributed by atoms with Gasteiger partial charge in [0.15, 0.2) is 0 Å². The number of nitrogens with one attached hydrogen (secondary N) is 2. The summed E-state index contributed by atoms with van der Waals surface area (Å²) in [4.78, 5) is 16.5. The highest BCUT2D eigenvalue weighted by molar-refractivity contribution is 5.94. The van der Waals surface area contributed by atoms with E-state index in [-0.39, 0.29) is 5.91 Å². The van der Waals surface area contributed by atoms with Crippen LogP contribution in [-0.4, -0.2) is 10.9 Å². The third kappa shape index (κ3) is 4.07. The molecule has 5 heteroatoms. The topological polar surface area (TPSA) is 67.2 Å². The molecule has 0 fully saturated rings. The molecule has 2 heterocycles. The second-order valence-electron chi connectivity index (χ2n) is 5.81. The smallest absolute Gasteiger partial charge is 0.253 e. The van der Waals surface area contributed by atoms with Crippen molar-refractivity contribution in [2.45, 2.75) is 26.8 Å². The lowest BCUT2D eigenvalue weighted by atomic mass is 10.1. The lowest BCUT2D eigenvalue weighted by molar-refractivity contribution is 0.0947. The van der Waals surface area contributed by atoms with Crippen LogP contribution in [0, 0.1) is 6.92 Å². The molecule has 1 amide bonds. The van der Waals surface area contributed by atoms with E-state index in [1.165, 1.54) is 5.56 Å². The van der Waals surface area contributed by atoms with Crippen molar-refractivity contribution in [1.29, 1.82) is 0 Å². The molecule has 2 aromatic heterocycles. The Morgan fingerprint density at radius 3 is 2.84 bits per heavy atom. The molecule has 128 valence electrons. The molecule has 5 nitrogen and oxygen atoms in total. The molecule has 0 atom stereocenters. The van der Waals surface area contributed by atoms with Gasteiger partial charge in [-0.25, -0.2) is 0 Å². The Kier molecular flexibility index (Phi) is 5.14. The molecule has 0 aliphatic rings. The maximum Gasteiger partial charge on any atom is 0.253 e. The average Bonchev–Trinajstić information content (AvgIpc) is 3.15. The summed E-state index contributed by atoms with van der Waals surface area (Å²) in [6, 6.07) is 11.6. The van der Waals surface area contributed by atoms with Crippen molar-refractivity contribution in [2.75, 3.05) is 5.32 Å². The first-order valence-corrected chi connectivity index (χ1v) is 8.28. The number of para-hydroxylation sites is 1. The van der Waals surface area contributed by atoms with Crippen LogP contribution < -0.4 is 10.6 Å². The lowest BCUT2D eigenvalue weighted by Gasteiger charge is -2.14. The maximum absolute atomic E-state index is 12.3. The molecule has 0 aliphatic carbocycles. The van der Waals surface area contributed by atoms with Gasteiger partial charge in [0.05, 0.1) is 30.3 Å². The van der Waals surface area contributed by atoms with Crippen molar-refractivity contribution in [2.24, 2.45) is 0 Å². The van der Waals surface area contributed by atoms with Crippen LogP contribution in [0.15, 0.2) is 59.5 Å². The minimum atomic E-state index is -0.187. The van der Waals surface area contributed by atoms with Crippen molar-refractivity contribution in [3.63, 3.8) is 0 Å². The van der Waals surface area contributed by atoms with Gasteiger partial charge in [0.25, 0.3) is 5.91 Å². The Morgan fingerprint density at radius 1 is 1.20 bits per heavy atom. The second kappa shape index (κ2) is 7.66. The third-order valence-corrected chi connectivity index (χ3v) is 4.01. The van der Waals surface area contributed by atoms with E-state index in [0.717, 1.165) is 23.4 Å². The molecular weight excluding hydrogens is 314 g/mol. The van der Waals surface area contributed by atoms with Gasteiger partial charge in [-0.05, 0) is 42.7 Å². The summed E-state index contributed by atoms with van der Waals surface area (Å²) in [7, 11) is 0. The molecule has 1 aromatic carbocycles. The Hall–Kier alpha value is -3.08. The fourth-order valence-electron chi connectivity index (χ4n) is 2.66. The zero-order chi connectivity index (χ0) is 17.6. The van der Waals surface area contributed by atoms with Gasteiger partial charge in [0.1, 0.15) is 5.76 Å². The zero-order valence-corrected chi connectivity index (χ0v) is 14.4. The predicted octanol–water partition coefficient (Wildman–Crippen LogP) is 4.22. The Morgan fingerprint density at radius 2 is 2.08 bits per heavy atom. The molecule has 0 spiro atoms. The minimum absolute atomic E-state index is 0.187. The molecule has 0 unspecified atom stereocenters. The van der Waals surface area contributed by atoms with Gasteiger partial charge in [-0.15, -0.1) is 0 Å². The van der Waals surface area contributed by atoms with Crippen LogP contribution in [-0.2, 0) is 13.0 Å². The Bertz CT molecular complexity index is 857. The highest BCUT2D eigenvalue weighted by Gasteiger charge is 2.09. The number of rotatable bonds is 6. The Balaban J connectivity index is 1.74. The summed E-state index contributed by atoms with van der Waals surface area (Å²) in [5.74, 6) is 0.524. The van der Waals surface area contributed by atoms with Gasteiger partial charge in [-0.2, -0.15) is 0 Å². The van der Waals surface area contributed by atoms with Gasteiger partial charge in [-0.1, -0.05) is 25.1 Å². The molecule has 0 radical (unpaired) electrons. The summed E-state index contributed by atoms with van der Waals surface area (Å²) in [5.41, 5.74) is 4.75. The molecule has 0 saturated heterocycles. The monoisotopic (exact) mass is 335 g/mol. The number of anilines is 2. The SMILES string of the molecule is CCc1cccc(C)c1Nc1cncc(C(=O)NCc2ccco2)c1. The molecule has 2 N–H and O–H groups in total. The van der Waals surface area contributed by atoms with Crippen LogP contribution in [0.2, 0.25) is 0 Å². The fraction of sp³-hybridized carbons (Fsp3) is 0.200. The second-order valence-corrected chi connectivity index (χ2v) is 5.81. The number of nitrogens with zero attached hydrogens (tertiary/aromatic N) is 1. The first-order valence-electron chi connectivity index (χ1n) is 8.28. The van der Waals surface area contributed by atoms with Crippen LogP contribution in [0.1, 0.15) is 34.2 Å². The standard InChI is InChI=1S/C20H21N3O2/c1-3-15-7-4-6-14(2)19(15)23-17-10-16(11-21-12-17)20(24)22-13-18-8-5-9-25-18/h4-12,23H,3,13H2,1-2H3,(H,22,24). The van der Waals surface area contributed by atoms with Crippen molar-refractivity contribution in [3.8, 4) is 0 Å². The van der Waals surface area contributed by atoms with Crippen LogP contribution in [0.3, 0.4) is 0 Å². The number of pyridine rings is 1. The van der Waals surface area contributed by atoms with Gasteiger partial charge in [0.2, 0.25) is 0 Å². The number of benzene rings is 1. The Labute approximate surface area is 147 Å². The largest absolute Gasteiger partial charge is 0.467 e. The normalized spacial score (nSPS) is 10.5. The minimum Gasteiger partial charge on any atom is -0.467 e. The molecule has 3 rings (SSSR count). The number of hydrogen-bond acceptors (Lipinski definition) is 4. The van der Waals surface area contributed by atoms with Crippen LogP contribution in [0.25, 0.3) is 0 Å². The van der Waals surface area contributed by atoms with Gasteiger partial charge in [-0.3, -0.25) is 9.78 Å². The first-order chi connectivity index (χ1) is 12.2. The van der Waals surface area contributed by atoms with Crippen molar-refractivity contribution in [3.05, 3.63) is 77.5 Å². The van der Waals surface area contributed by atoms with Crippen molar-refractivity contribution >= 4 is 17.3 Å². The molecule has 0 aliphatic heterocycles. The van der Waals surface area contributed by atoms with E-state index in [1.54, 1.807) is 30.8 Å². The number of aromatic nitrogens is 1. The third-order valence-electron chi connectivity index (χ3n) is 4.01. The van der Waals surface area contributed by atoms with Gasteiger partial charge < -0.3 is 15.1 Å². The summed E-state index contributed by atoms with van der Waals surface area (Å²) in [6.45, 7) is 4.53. The van der Waals surface area contributed by atoms with Crippen molar-refractivity contribution in [1.82, 2.24) is 10.3 Å². The van der Waals surface area contributed by atoms with Gasteiger partial charge >= 0.3 is 0 Å². The highest BCUT2D eigenvalue weighted by Crippen LogP contribution is 2.25. The van der Waals surface area contributed by atoms with Gasteiger partial charge in [0, 0.05) is 11.9 Å². The van der Waals surface area contributed by atoms with E-state index in [9.17, 15) is 4.79 Å². The number of carbonyl (C=O) groups excluding carboxylic acids is 1. The van der Waals surface area contributed by atoms with E-state index < -0.39 is 0 Å². The summed E-state index contributed by atoms with van der Waals surface area (Å²) < 4.78 is 5.22. The highest BCUT2D eigenvalue weighted by atomic mass is 16.3. The average molecular weight is 335 g/mol. The summed E-state index contributed by atoms with van der Waals surface area (Å²) >= 11 is 0. The molecule has 0 bridgehead atoms. The quantitative estimate of drug-likeness (QED) is 0.708. The van der Waals surface area contributed by atoms with E-state index in [0.29, 0.717) is 17.9 Å². The maximum atomic E-state index is 12.3. The number of carbonyl (C=O) groups is 1. The van der Waals surface area contributed by atoms with Crippen LogP contribution in [0.5, 0.6) is 0 Å². The number of hydrogen-bond donors (Lipinski definition) is 2. The van der Waals surface area contributed by atoms with Crippen LogP contribution in [0.4, 0.5) is 11.4 Å². The molecular formula is C20H21N3O2. The predicted molar refractivity (Wildman–Crippen MR) is 98.0 cm³/mol. The number of amides is 1. The van der Waals surface area contributed by atoms with Crippen molar-refractivity contribution < 1.29 is 9.21 Å². The number of aryl methyl sites for hydroxylation is 2. The van der Waals surface area contributed by atoms with E-state index in [2.05, 4.69) is 47.7 Å². The van der Waals surface area contributed by atoms with E-state index in [1.807, 2.05) is 6.07 Å². The summed E-state index contributed by atoms with van der Waals surface area (Å²) in [6.07, 6.45) is 5.79. The fourth-order valence-corrected chi connectivity index (χ4v) is 2.66. The molecule has 25 heavy (non-hydrogen) atoms. The summed E-state index contributed by atoms with van der Waals surface area (Å²) in [5, 5.41) is 6.22. The first kappa shape index (κ1) is 16.8.